The Labute approximate surface area is 177 Å². The van der Waals surface area contributed by atoms with E-state index in [0.29, 0.717) is 10.6 Å². The molecule has 0 bridgehead atoms. The van der Waals surface area contributed by atoms with Crippen LogP contribution in [0.4, 0.5) is 0 Å². The van der Waals surface area contributed by atoms with Gasteiger partial charge in [-0.3, -0.25) is 0 Å². The van der Waals surface area contributed by atoms with Gasteiger partial charge >= 0.3 is 11.9 Å². The van der Waals surface area contributed by atoms with Gasteiger partial charge in [-0.05, 0) is 31.5 Å². The van der Waals surface area contributed by atoms with E-state index in [1.54, 1.807) is 18.2 Å². The SMILES string of the molecule is C=C(C)C(=O)OCCOC(=O)C1=C(C)OC(N)=C(C#N)C1c1ccc(Cl)c(Cl)c1. The quantitative estimate of drug-likeness (QED) is 0.410. The van der Waals surface area contributed by atoms with E-state index in [9.17, 15) is 14.9 Å². The van der Waals surface area contributed by atoms with Crippen molar-refractivity contribution >= 4 is 35.1 Å². The molecule has 1 aliphatic rings. The molecule has 1 unspecified atom stereocenters. The van der Waals surface area contributed by atoms with Crippen LogP contribution in [-0.2, 0) is 23.8 Å². The van der Waals surface area contributed by atoms with Crippen molar-refractivity contribution < 1.29 is 23.8 Å². The lowest BCUT2D eigenvalue weighted by atomic mass is 9.83. The molecule has 0 radical (unpaired) electrons. The molecular weight excluding hydrogens is 419 g/mol. The summed E-state index contributed by atoms with van der Waals surface area (Å²) in [7, 11) is 0. The third-order valence-electron chi connectivity index (χ3n) is 4.00. The van der Waals surface area contributed by atoms with Crippen LogP contribution in [0.25, 0.3) is 0 Å². The molecule has 0 spiro atoms. The standard InChI is InChI=1S/C20H18Cl2N2O5/c1-10(2)19(25)27-6-7-28-20(26)16-11(3)29-18(24)13(9-23)17(16)12-4-5-14(21)15(22)8-12/h4-5,8,17H,1,6-7,24H2,2-3H3. The number of carbonyl (C=O) groups excluding carboxylic acids is 2. The minimum absolute atomic E-state index is 0.0367. The topological polar surface area (TPSA) is 112 Å². The highest BCUT2D eigenvalue weighted by molar-refractivity contribution is 6.42. The van der Waals surface area contributed by atoms with Gasteiger partial charge in [0, 0.05) is 5.57 Å². The molecule has 1 aromatic rings. The smallest absolute Gasteiger partial charge is 0.338 e. The van der Waals surface area contributed by atoms with Crippen LogP contribution >= 0.6 is 23.2 Å². The van der Waals surface area contributed by atoms with E-state index in [1.807, 2.05) is 6.07 Å². The summed E-state index contributed by atoms with van der Waals surface area (Å²) in [6.07, 6.45) is 0. The minimum atomic E-state index is -0.853. The van der Waals surface area contributed by atoms with Crippen molar-refractivity contribution in [2.24, 2.45) is 5.73 Å². The van der Waals surface area contributed by atoms with Crippen LogP contribution in [0.15, 0.2) is 53.1 Å². The molecular formula is C20H18Cl2N2O5. The second-order valence-corrected chi connectivity index (χ2v) is 6.93. The largest absolute Gasteiger partial charge is 0.459 e. The third-order valence-corrected chi connectivity index (χ3v) is 4.74. The van der Waals surface area contributed by atoms with Crippen molar-refractivity contribution in [3.8, 4) is 6.07 Å². The number of esters is 2. The Balaban J connectivity index is 2.29. The second-order valence-electron chi connectivity index (χ2n) is 6.12. The van der Waals surface area contributed by atoms with E-state index in [1.165, 1.54) is 13.8 Å². The fourth-order valence-electron chi connectivity index (χ4n) is 2.64. The Morgan fingerprint density at radius 1 is 1.28 bits per heavy atom. The molecule has 7 nitrogen and oxygen atoms in total. The summed E-state index contributed by atoms with van der Waals surface area (Å²) in [5.41, 5.74) is 6.71. The Hall–Kier alpha value is -2.95. The van der Waals surface area contributed by atoms with Crippen LogP contribution in [0.2, 0.25) is 10.0 Å². The normalized spacial score (nSPS) is 16.0. The first-order valence-electron chi connectivity index (χ1n) is 8.40. The summed E-state index contributed by atoms with van der Waals surface area (Å²) >= 11 is 12.1. The molecule has 152 valence electrons. The van der Waals surface area contributed by atoms with E-state index >= 15 is 0 Å². The second kappa shape index (κ2) is 9.50. The zero-order valence-corrected chi connectivity index (χ0v) is 17.3. The molecule has 1 heterocycles. The van der Waals surface area contributed by atoms with Crippen LogP contribution in [0.5, 0.6) is 0 Å². The molecule has 0 saturated carbocycles. The zero-order chi connectivity index (χ0) is 21.7. The first kappa shape index (κ1) is 22.3. The van der Waals surface area contributed by atoms with Gasteiger partial charge in [-0.1, -0.05) is 35.8 Å². The number of rotatable bonds is 6. The maximum absolute atomic E-state index is 12.7. The number of ether oxygens (including phenoxy) is 3. The number of allylic oxidation sites excluding steroid dienone is 2. The maximum Gasteiger partial charge on any atom is 0.338 e. The third kappa shape index (κ3) is 5.11. The highest BCUT2D eigenvalue weighted by atomic mass is 35.5. The van der Waals surface area contributed by atoms with Crippen molar-refractivity contribution in [3.05, 3.63) is 68.7 Å². The number of hydrogen-bond donors (Lipinski definition) is 1. The van der Waals surface area contributed by atoms with Crippen LogP contribution in [0.3, 0.4) is 0 Å². The summed E-state index contributed by atoms with van der Waals surface area (Å²) in [4.78, 5) is 24.1. The first-order chi connectivity index (χ1) is 13.7. The first-order valence-corrected chi connectivity index (χ1v) is 9.16. The van der Waals surface area contributed by atoms with Gasteiger partial charge in [0.05, 0.1) is 21.5 Å². The fourth-order valence-corrected chi connectivity index (χ4v) is 2.95. The van der Waals surface area contributed by atoms with E-state index in [4.69, 9.17) is 43.1 Å². The van der Waals surface area contributed by atoms with Gasteiger partial charge in [0.25, 0.3) is 0 Å². The maximum atomic E-state index is 12.7. The van der Waals surface area contributed by atoms with Gasteiger partial charge in [0.1, 0.15) is 30.6 Å². The Bertz CT molecular complexity index is 976. The average Bonchev–Trinajstić information content (AvgIpc) is 2.66. The molecule has 1 aliphatic heterocycles. The van der Waals surface area contributed by atoms with Gasteiger partial charge in [0.2, 0.25) is 5.88 Å². The van der Waals surface area contributed by atoms with Gasteiger partial charge in [0.15, 0.2) is 0 Å². The molecule has 0 saturated heterocycles. The number of carbonyl (C=O) groups is 2. The number of nitrogens with two attached hydrogens (primary N) is 1. The van der Waals surface area contributed by atoms with Gasteiger partial charge < -0.3 is 19.9 Å². The molecule has 2 rings (SSSR count). The molecule has 0 amide bonds. The van der Waals surface area contributed by atoms with Crippen LogP contribution < -0.4 is 5.73 Å². The number of benzene rings is 1. The molecule has 29 heavy (non-hydrogen) atoms. The zero-order valence-electron chi connectivity index (χ0n) is 15.8. The van der Waals surface area contributed by atoms with Crippen LogP contribution in [0.1, 0.15) is 25.3 Å². The van der Waals surface area contributed by atoms with Crippen molar-refractivity contribution in [3.63, 3.8) is 0 Å². The van der Waals surface area contributed by atoms with Crippen molar-refractivity contribution in [1.29, 1.82) is 5.26 Å². The molecule has 0 fully saturated rings. The number of nitrogens with zero attached hydrogens (tertiary/aromatic N) is 1. The summed E-state index contributed by atoms with van der Waals surface area (Å²) < 4.78 is 15.5. The molecule has 9 heteroatoms. The van der Waals surface area contributed by atoms with Crippen molar-refractivity contribution in [2.75, 3.05) is 13.2 Å². The summed E-state index contributed by atoms with van der Waals surface area (Å²) in [6, 6.07) is 6.69. The van der Waals surface area contributed by atoms with E-state index in [2.05, 4.69) is 6.58 Å². The van der Waals surface area contributed by atoms with Crippen molar-refractivity contribution in [2.45, 2.75) is 19.8 Å². The predicted molar refractivity (Wildman–Crippen MR) is 107 cm³/mol. The summed E-state index contributed by atoms with van der Waals surface area (Å²) in [5.74, 6) is -2.12. The van der Waals surface area contributed by atoms with Crippen LogP contribution in [-0.4, -0.2) is 25.2 Å². The monoisotopic (exact) mass is 436 g/mol. The van der Waals surface area contributed by atoms with Gasteiger partial charge in [-0.15, -0.1) is 0 Å². The molecule has 0 aliphatic carbocycles. The molecule has 2 N–H and O–H groups in total. The highest BCUT2D eigenvalue weighted by Gasteiger charge is 2.36. The Morgan fingerprint density at radius 3 is 2.52 bits per heavy atom. The van der Waals surface area contributed by atoms with Gasteiger partial charge in [-0.25, -0.2) is 9.59 Å². The van der Waals surface area contributed by atoms with Crippen LogP contribution in [0, 0.1) is 11.3 Å². The van der Waals surface area contributed by atoms with Gasteiger partial charge in [-0.2, -0.15) is 5.26 Å². The van der Waals surface area contributed by atoms with E-state index in [0.717, 1.165) is 0 Å². The number of halogens is 2. The lowest BCUT2D eigenvalue weighted by Crippen LogP contribution is -2.26. The number of nitriles is 1. The molecule has 1 aromatic carbocycles. The van der Waals surface area contributed by atoms with E-state index < -0.39 is 17.9 Å². The number of hydrogen-bond acceptors (Lipinski definition) is 7. The summed E-state index contributed by atoms with van der Waals surface area (Å²) in [5, 5.41) is 10.1. The summed E-state index contributed by atoms with van der Waals surface area (Å²) in [6.45, 7) is 6.16. The lowest BCUT2D eigenvalue weighted by molar-refractivity contribution is -0.147. The average molecular weight is 437 g/mol. The Kier molecular flexibility index (Phi) is 7.32. The van der Waals surface area contributed by atoms with E-state index in [-0.39, 0.29) is 46.6 Å². The highest BCUT2D eigenvalue weighted by Crippen LogP contribution is 2.41. The van der Waals surface area contributed by atoms with Crippen molar-refractivity contribution in [1.82, 2.24) is 0 Å². The minimum Gasteiger partial charge on any atom is -0.459 e. The molecule has 0 aromatic heterocycles. The predicted octanol–water partition coefficient (Wildman–Crippen LogP) is 3.74. The molecule has 1 atom stereocenters. The lowest BCUT2D eigenvalue weighted by Gasteiger charge is -2.27. The Morgan fingerprint density at radius 2 is 1.93 bits per heavy atom. The fraction of sp³-hybridized carbons (Fsp3) is 0.250.